The molecule has 15 heteroatoms. The molecular formula is C26H33FO12S2. The fraction of sp³-hybridized carbons (Fsp3) is 0.692. The van der Waals surface area contributed by atoms with Gasteiger partial charge in [-0.1, -0.05) is 19.9 Å². The summed E-state index contributed by atoms with van der Waals surface area (Å²) in [5.74, 6) is -7.36. The van der Waals surface area contributed by atoms with Crippen LogP contribution in [0.15, 0.2) is 23.8 Å². The van der Waals surface area contributed by atoms with Crippen molar-refractivity contribution < 1.29 is 58.6 Å². The van der Waals surface area contributed by atoms with Crippen LogP contribution in [0.2, 0.25) is 0 Å². The number of hydrogen-bond acceptors (Lipinski definition) is 12. The summed E-state index contributed by atoms with van der Waals surface area (Å²) >= 11 is 0. The van der Waals surface area contributed by atoms with Crippen LogP contribution in [0.25, 0.3) is 0 Å². The monoisotopic (exact) mass is 620 g/mol. The Labute approximate surface area is 237 Å². The van der Waals surface area contributed by atoms with E-state index < -0.39 is 109 Å². The molecule has 0 aliphatic heterocycles. The lowest BCUT2D eigenvalue weighted by Crippen LogP contribution is -2.74. The lowest BCUT2D eigenvalue weighted by atomic mass is 9.44. The van der Waals surface area contributed by atoms with Crippen molar-refractivity contribution in [3.8, 4) is 0 Å². The van der Waals surface area contributed by atoms with Crippen LogP contribution in [0.4, 0.5) is 4.39 Å². The van der Waals surface area contributed by atoms with Crippen molar-refractivity contribution in [2.75, 3.05) is 19.1 Å². The number of rotatable bonds is 7. The Hall–Kier alpha value is -2.33. The standard InChI is InChI=1S/C26H33FO12S2/c1-13-9-16-20-22(39-41(6,35)36)21(38-40(5,33)34)17-10-15(29)7-8-23(17,3)25(20,27)18(30)11-24(16,4)26(13,32)19(31)12-37-14(2)28/h7-8,10,13,16,20-22,32H,9,11-12H2,1-6H3/t13?,16-,20+,21?,22?,23-,24-,25+,26-/m0/s1. The summed E-state index contributed by atoms with van der Waals surface area (Å²) in [5.41, 5.74) is -9.30. The highest BCUT2D eigenvalue weighted by atomic mass is 32.2. The van der Waals surface area contributed by atoms with Crippen molar-refractivity contribution in [2.45, 2.75) is 64.0 Å². The molecule has 0 aromatic rings. The summed E-state index contributed by atoms with van der Waals surface area (Å²) < 4.78 is 83.1. The van der Waals surface area contributed by atoms with E-state index in [9.17, 15) is 41.1 Å². The van der Waals surface area contributed by atoms with Gasteiger partial charge in [0, 0.05) is 24.7 Å². The van der Waals surface area contributed by atoms with E-state index in [1.807, 2.05) is 0 Å². The molecular weight excluding hydrogens is 587 g/mol. The highest BCUT2D eigenvalue weighted by Gasteiger charge is 2.79. The maximum atomic E-state index is 17.9. The Morgan fingerprint density at radius 2 is 1.68 bits per heavy atom. The van der Waals surface area contributed by atoms with Crippen molar-refractivity contribution >= 4 is 43.6 Å². The molecule has 4 aliphatic rings. The summed E-state index contributed by atoms with van der Waals surface area (Å²) in [6.07, 6.45) is -0.250. The van der Waals surface area contributed by atoms with Gasteiger partial charge in [-0.2, -0.15) is 16.8 Å². The molecule has 0 aromatic carbocycles. The van der Waals surface area contributed by atoms with Gasteiger partial charge in [-0.25, -0.2) is 4.39 Å². The fourth-order valence-corrected chi connectivity index (χ4v) is 8.94. The van der Waals surface area contributed by atoms with Crippen molar-refractivity contribution in [2.24, 2.45) is 28.6 Å². The van der Waals surface area contributed by atoms with Crippen LogP contribution in [-0.2, 0) is 52.5 Å². The second kappa shape index (κ2) is 9.59. The lowest BCUT2D eigenvalue weighted by molar-refractivity contribution is -0.205. The third kappa shape index (κ3) is 4.64. The van der Waals surface area contributed by atoms with E-state index in [4.69, 9.17) is 13.1 Å². The summed E-state index contributed by atoms with van der Waals surface area (Å²) in [5, 5.41) is 11.9. The van der Waals surface area contributed by atoms with Crippen LogP contribution in [-0.4, -0.2) is 87.9 Å². The highest BCUT2D eigenvalue weighted by molar-refractivity contribution is 7.86. The molecule has 0 amide bonds. The average molecular weight is 621 g/mol. The highest BCUT2D eigenvalue weighted by Crippen LogP contribution is 2.70. The van der Waals surface area contributed by atoms with Crippen LogP contribution in [0.5, 0.6) is 0 Å². The molecule has 1 N–H and O–H groups in total. The number of ether oxygens (including phenoxy) is 1. The molecule has 228 valence electrons. The van der Waals surface area contributed by atoms with Gasteiger partial charge in [-0.3, -0.25) is 27.5 Å². The quantitative estimate of drug-likeness (QED) is 0.309. The Balaban J connectivity index is 2.00. The predicted molar refractivity (Wildman–Crippen MR) is 139 cm³/mol. The molecule has 9 atom stereocenters. The first-order valence-corrected chi connectivity index (χ1v) is 16.5. The third-order valence-corrected chi connectivity index (χ3v) is 10.6. The topological polar surface area (TPSA) is 184 Å². The van der Waals surface area contributed by atoms with Gasteiger partial charge in [0.05, 0.1) is 17.9 Å². The van der Waals surface area contributed by atoms with Crippen LogP contribution in [0, 0.1) is 28.6 Å². The third-order valence-electron chi connectivity index (χ3n) is 9.43. The van der Waals surface area contributed by atoms with Crippen molar-refractivity contribution in [1.29, 1.82) is 0 Å². The van der Waals surface area contributed by atoms with Crippen LogP contribution >= 0.6 is 0 Å². The number of aliphatic hydroxyl groups is 1. The van der Waals surface area contributed by atoms with Gasteiger partial charge in [0.15, 0.2) is 23.8 Å². The number of esters is 1. The SMILES string of the molecule is CC(=O)OCC(=O)[C@@]1(O)C(C)C[C@H]2[C@@H]3C(OS(C)(=O)=O)C(OS(C)(=O)=O)C4=CC(=O)C=C[C@]4(C)[C@@]3(F)C(=O)C[C@@]21C. The van der Waals surface area contributed by atoms with E-state index in [1.54, 1.807) is 0 Å². The predicted octanol–water partition coefficient (Wildman–Crippen LogP) is 0.584. The van der Waals surface area contributed by atoms with Crippen molar-refractivity contribution in [3.63, 3.8) is 0 Å². The van der Waals surface area contributed by atoms with E-state index in [0.29, 0.717) is 12.5 Å². The number of ketones is 3. The molecule has 3 unspecified atom stereocenters. The number of carbonyl (C=O) groups excluding carboxylic acids is 4. The van der Waals surface area contributed by atoms with Crippen molar-refractivity contribution in [3.05, 3.63) is 23.8 Å². The number of carbonyl (C=O) groups is 4. The van der Waals surface area contributed by atoms with Gasteiger partial charge in [-0.15, -0.1) is 0 Å². The lowest BCUT2D eigenvalue weighted by Gasteiger charge is -2.62. The number of fused-ring (bicyclic) bond motifs is 5. The van der Waals surface area contributed by atoms with E-state index in [2.05, 4.69) is 0 Å². The molecule has 41 heavy (non-hydrogen) atoms. The summed E-state index contributed by atoms with van der Waals surface area (Å²) in [4.78, 5) is 51.2. The Morgan fingerprint density at radius 1 is 1.10 bits per heavy atom. The second-order valence-electron chi connectivity index (χ2n) is 12.0. The maximum absolute atomic E-state index is 17.9. The largest absolute Gasteiger partial charge is 0.458 e. The van der Waals surface area contributed by atoms with E-state index in [1.165, 1.54) is 20.8 Å². The molecule has 0 spiro atoms. The zero-order chi connectivity index (χ0) is 31.1. The van der Waals surface area contributed by atoms with Crippen LogP contribution < -0.4 is 0 Å². The van der Waals surface area contributed by atoms with Crippen LogP contribution in [0.3, 0.4) is 0 Å². The Morgan fingerprint density at radius 3 is 2.22 bits per heavy atom. The summed E-state index contributed by atoms with van der Waals surface area (Å²) in [7, 11) is -8.86. The first-order chi connectivity index (χ1) is 18.5. The second-order valence-corrected chi connectivity index (χ2v) is 15.2. The molecule has 0 radical (unpaired) electrons. The van der Waals surface area contributed by atoms with Gasteiger partial charge in [-0.05, 0) is 42.9 Å². The van der Waals surface area contributed by atoms with E-state index in [0.717, 1.165) is 25.2 Å². The number of alkyl halides is 1. The van der Waals surface area contributed by atoms with Gasteiger partial charge >= 0.3 is 5.97 Å². The molecule has 12 nitrogen and oxygen atoms in total. The summed E-state index contributed by atoms with van der Waals surface area (Å²) in [6, 6.07) is 0. The minimum absolute atomic E-state index is 0.116. The fourth-order valence-electron chi connectivity index (χ4n) is 7.73. The molecule has 0 saturated heterocycles. The molecule has 0 heterocycles. The van der Waals surface area contributed by atoms with Gasteiger partial charge in [0.1, 0.15) is 17.8 Å². The molecule has 0 aromatic heterocycles. The zero-order valence-electron chi connectivity index (χ0n) is 23.4. The molecule has 3 saturated carbocycles. The van der Waals surface area contributed by atoms with E-state index >= 15 is 4.39 Å². The average Bonchev–Trinajstić information content (AvgIpc) is 3.01. The van der Waals surface area contributed by atoms with Crippen LogP contribution in [0.1, 0.15) is 40.5 Å². The first-order valence-electron chi connectivity index (χ1n) is 12.9. The number of halogens is 1. The molecule has 4 aliphatic carbocycles. The summed E-state index contributed by atoms with van der Waals surface area (Å²) in [6.45, 7) is 4.40. The maximum Gasteiger partial charge on any atom is 0.303 e. The Kier molecular flexibility index (Phi) is 7.39. The number of Topliss-reactive ketones (excluding diaryl/α,β-unsaturated/α-hetero) is 2. The normalized spacial score (nSPS) is 42.1. The van der Waals surface area contributed by atoms with Gasteiger partial charge in [0.2, 0.25) is 5.78 Å². The number of hydrogen-bond donors (Lipinski definition) is 1. The van der Waals surface area contributed by atoms with Crippen molar-refractivity contribution in [1.82, 2.24) is 0 Å². The Bertz CT molecular complexity index is 1500. The number of allylic oxidation sites excluding steroid dienone is 3. The molecule has 4 rings (SSSR count). The zero-order valence-corrected chi connectivity index (χ0v) is 25.0. The minimum Gasteiger partial charge on any atom is -0.458 e. The van der Waals surface area contributed by atoms with Gasteiger partial charge < -0.3 is 9.84 Å². The molecule has 3 fully saturated rings. The smallest absolute Gasteiger partial charge is 0.303 e. The minimum atomic E-state index is -4.47. The first kappa shape index (κ1) is 31.6. The van der Waals surface area contributed by atoms with E-state index in [-0.39, 0.29) is 12.0 Å². The van der Waals surface area contributed by atoms with Gasteiger partial charge in [0.25, 0.3) is 20.2 Å². The molecule has 0 bridgehead atoms.